The summed E-state index contributed by atoms with van der Waals surface area (Å²) in [6.45, 7) is 1.64. The minimum absolute atomic E-state index is 0.103. The molecule has 0 spiro atoms. The van der Waals surface area contributed by atoms with Gasteiger partial charge in [-0.25, -0.2) is 0 Å². The largest absolute Gasteiger partial charge is 0.497 e. The first-order valence-corrected chi connectivity index (χ1v) is 8.10. The zero-order valence-electron chi connectivity index (χ0n) is 14.3. The van der Waals surface area contributed by atoms with Crippen LogP contribution in [0.15, 0.2) is 30.5 Å². The third kappa shape index (κ3) is 4.14. The van der Waals surface area contributed by atoms with Crippen molar-refractivity contribution in [3.8, 4) is 5.75 Å². The van der Waals surface area contributed by atoms with Gasteiger partial charge in [-0.15, -0.1) is 5.10 Å². The van der Waals surface area contributed by atoms with E-state index in [0.29, 0.717) is 26.1 Å². The van der Waals surface area contributed by atoms with E-state index in [-0.39, 0.29) is 23.4 Å². The Morgan fingerprint density at radius 3 is 2.76 bits per heavy atom. The monoisotopic (exact) mass is 343 g/mol. The van der Waals surface area contributed by atoms with Crippen LogP contribution in [0.2, 0.25) is 0 Å². The fourth-order valence-corrected chi connectivity index (χ4v) is 2.87. The second kappa shape index (κ2) is 7.33. The highest BCUT2D eigenvalue weighted by atomic mass is 16.5. The second-order valence-electron chi connectivity index (χ2n) is 6.18. The first-order chi connectivity index (χ1) is 12.0. The minimum Gasteiger partial charge on any atom is -0.497 e. The smallest absolute Gasteiger partial charge is 0.273 e. The molecule has 0 saturated carbocycles. The molecule has 8 heteroatoms. The van der Waals surface area contributed by atoms with Crippen LogP contribution in [0.25, 0.3) is 0 Å². The number of ether oxygens (including phenoxy) is 1. The number of aryl methyl sites for hydroxylation is 1. The summed E-state index contributed by atoms with van der Waals surface area (Å²) >= 11 is 0. The van der Waals surface area contributed by atoms with Gasteiger partial charge in [0, 0.05) is 39.0 Å². The number of aromatic nitrogens is 3. The third-order valence-electron chi connectivity index (χ3n) is 4.21. The van der Waals surface area contributed by atoms with Crippen molar-refractivity contribution in [2.45, 2.75) is 13.0 Å². The zero-order chi connectivity index (χ0) is 17.8. The molecule has 132 valence electrons. The van der Waals surface area contributed by atoms with Gasteiger partial charge in [-0.1, -0.05) is 17.3 Å². The molecule has 2 aromatic rings. The lowest BCUT2D eigenvalue weighted by molar-refractivity contribution is -0.128. The number of hydrogen-bond donors (Lipinski definition) is 1. The number of carbonyl (C=O) groups is 2. The Balaban J connectivity index is 1.50. The lowest BCUT2D eigenvalue weighted by atomic mass is 10.1. The molecule has 1 saturated heterocycles. The predicted octanol–water partition coefficient (Wildman–Crippen LogP) is 0.602. The molecule has 0 aliphatic carbocycles. The number of nitrogens with zero attached hydrogens (tertiary/aromatic N) is 4. The van der Waals surface area contributed by atoms with E-state index in [1.807, 2.05) is 29.2 Å². The molecule has 2 heterocycles. The Hall–Kier alpha value is -2.90. The summed E-state index contributed by atoms with van der Waals surface area (Å²) in [6, 6.07) is 7.67. The molecule has 8 nitrogen and oxygen atoms in total. The van der Waals surface area contributed by atoms with Gasteiger partial charge >= 0.3 is 0 Å². The van der Waals surface area contributed by atoms with Crippen molar-refractivity contribution in [2.75, 3.05) is 20.2 Å². The van der Waals surface area contributed by atoms with Crippen LogP contribution in [0.1, 0.15) is 22.5 Å². The second-order valence-corrected chi connectivity index (χ2v) is 6.18. The van der Waals surface area contributed by atoms with Crippen molar-refractivity contribution in [2.24, 2.45) is 13.0 Å². The van der Waals surface area contributed by atoms with Crippen molar-refractivity contribution in [1.82, 2.24) is 25.2 Å². The zero-order valence-corrected chi connectivity index (χ0v) is 14.3. The summed E-state index contributed by atoms with van der Waals surface area (Å²) < 4.78 is 6.61. The molecule has 0 bridgehead atoms. The van der Waals surface area contributed by atoms with E-state index in [1.54, 1.807) is 20.4 Å². The Bertz CT molecular complexity index is 756. The van der Waals surface area contributed by atoms with E-state index < -0.39 is 0 Å². The number of amides is 2. The molecule has 1 N–H and O–H groups in total. The minimum atomic E-state index is -0.269. The highest BCUT2D eigenvalue weighted by molar-refractivity contribution is 5.91. The molecule has 1 aromatic heterocycles. The van der Waals surface area contributed by atoms with Gasteiger partial charge < -0.3 is 15.0 Å². The lowest BCUT2D eigenvalue weighted by Crippen LogP contribution is -2.31. The number of nitrogens with one attached hydrogen (secondary N) is 1. The average Bonchev–Trinajstić information content (AvgIpc) is 3.19. The van der Waals surface area contributed by atoms with Gasteiger partial charge in [0.15, 0.2) is 5.69 Å². The normalized spacial score (nSPS) is 17.0. The molecule has 0 radical (unpaired) electrons. The van der Waals surface area contributed by atoms with Crippen molar-refractivity contribution < 1.29 is 14.3 Å². The van der Waals surface area contributed by atoms with Crippen molar-refractivity contribution in [1.29, 1.82) is 0 Å². The van der Waals surface area contributed by atoms with E-state index in [4.69, 9.17) is 4.74 Å². The van der Waals surface area contributed by atoms with Gasteiger partial charge in [0.25, 0.3) is 5.91 Å². The summed E-state index contributed by atoms with van der Waals surface area (Å²) in [7, 11) is 3.33. The summed E-state index contributed by atoms with van der Waals surface area (Å²) in [4.78, 5) is 26.0. The summed E-state index contributed by atoms with van der Waals surface area (Å²) in [5.41, 5.74) is 1.33. The predicted molar refractivity (Wildman–Crippen MR) is 89.9 cm³/mol. The van der Waals surface area contributed by atoms with Crippen LogP contribution < -0.4 is 10.1 Å². The average molecular weight is 343 g/mol. The Kier molecular flexibility index (Phi) is 4.97. The van der Waals surface area contributed by atoms with E-state index in [1.165, 1.54) is 4.68 Å². The van der Waals surface area contributed by atoms with Crippen LogP contribution in [0, 0.1) is 5.92 Å². The maximum absolute atomic E-state index is 12.2. The van der Waals surface area contributed by atoms with Gasteiger partial charge in [0.05, 0.1) is 13.3 Å². The van der Waals surface area contributed by atoms with Crippen LogP contribution in [0.4, 0.5) is 0 Å². The van der Waals surface area contributed by atoms with Crippen LogP contribution >= 0.6 is 0 Å². The standard InChI is InChI=1S/C17H21N5O3/c1-21-11-15(19-20-21)17(24)18-8-13-7-16(23)22(10-13)9-12-3-5-14(25-2)6-4-12/h3-6,11,13H,7-10H2,1-2H3,(H,18,24). The van der Waals surface area contributed by atoms with Crippen molar-refractivity contribution in [3.05, 3.63) is 41.7 Å². The summed E-state index contributed by atoms with van der Waals surface area (Å²) in [5, 5.41) is 10.3. The van der Waals surface area contributed by atoms with E-state index in [9.17, 15) is 9.59 Å². The summed E-state index contributed by atoms with van der Waals surface area (Å²) in [6.07, 6.45) is 2.00. The molecular formula is C17H21N5O3. The third-order valence-corrected chi connectivity index (χ3v) is 4.21. The fourth-order valence-electron chi connectivity index (χ4n) is 2.87. The quantitative estimate of drug-likeness (QED) is 0.830. The van der Waals surface area contributed by atoms with Gasteiger partial charge in [-0.05, 0) is 17.7 Å². The number of carbonyl (C=O) groups excluding carboxylic acids is 2. The lowest BCUT2D eigenvalue weighted by Gasteiger charge is -2.17. The highest BCUT2D eigenvalue weighted by Gasteiger charge is 2.29. The van der Waals surface area contributed by atoms with E-state index in [2.05, 4.69) is 15.6 Å². The van der Waals surface area contributed by atoms with Crippen LogP contribution in [-0.4, -0.2) is 51.9 Å². The van der Waals surface area contributed by atoms with Crippen molar-refractivity contribution in [3.63, 3.8) is 0 Å². The number of rotatable bonds is 6. The fraction of sp³-hybridized carbons (Fsp3) is 0.412. The Morgan fingerprint density at radius 2 is 2.12 bits per heavy atom. The molecule has 1 unspecified atom stereocenters. The number of likely N-dealkylation sites (tertiary alicyclic amines) is 1. The molecular weight excluding hydrogens is 322 g/mol. The Labute approximate surface area is 145 Å². The maximum Gasteiger partial charge on any atom is 0.273 e. The van der Waals surface area contributed by atoms with Crippen LogP contribution in [0.3, 0.4) is 0 Å². The molecule has 2 amide bonds. The van der Waals surface area contributed by atoms with Crippen LogP contribution in [-0.2, 0) is 18.4 Å². The molecule has 25 heavy (non-hydrogen) atoms. The van der Waals surface area contributed by atoms with Crippen LogP contribution in [0.5, 0.6) is 5.75 Å². The first-order valence-electron chi connectivity index (χ1n) is 8.10. The van der Waals surface area contributed by atoms with Gasteiger partial charge in [-0.2, -0.15) is 0 Å². The number of methoxy groups -OCH3 is 1. The SMILES string of the molecule is COc1ccc(CN2CC(CNC(=O)c3cn(C)nn3)CC2=O)cc1. The number of benzene rings is 1. The summed E-state index contributed by atoms with van der Waals surface area (Å²) in [5.74, 6) is 0.733. The first kappa shape index (κ1) is 16.9. The maximum atomic E-state index is 12.2. The molecule has 1 aliphatic rings. The van der Waals surface area contributed by atoms with Gasteiger partial charge in [0.1, 0.15) is 5.75 Å². The van der Waals surface area contributed by atoms with E-state index >= 15 is 0 Å². The van der Waals surface area contributed by atoms with Gasteiger partial charge in [-0.3, -0.25) is 14.3 Å². The number of hydrogen-bond acceptors (Lipinski definition) is 5. The van der Waals surface area contributed by atoms with Gasteiger partial charge in [0.2, 0.25) is 5.91 Å². The molecule has 1 aromatic carbocycles. The van der Waals surface area contributed by atoms with E-state index in [0.717, 1.165) is 11.3 Å². The van der Waals surface area contributed by atoms with Crippen molar-refractivity contribution >= 4 is 11.8 Å². The topological polar surface area (TPSA) is 89.3 Å². The molecule has 1 aliphatic heterocycles. The highest BCUT2D eigenvalue weighted by Crippen LogP contribution is 2.21. The molecule has 1 fully saturated rings. The molecule has 3 rings (SSSR count). The molecule has 1 atom stereocenters. The Morgan fingerprint density at radius 1 is 1.36 bits per heavy atom.